The summed E-state index contributed by atoms with van der Waals surface area (Å²) in [5, 5.41) is 23.7. The van der Waals surface area contributed by atoms with Gasteiger partial charge in [0.2, 0.25) is 5.91 Å². The first-order valence-electron chi connectivity index (χ1n) is 26.0. The molecule has 6 nitrogen and oxygen atoms in total. The summed E-state index contributed by atoms with van der Waals surface area (Å²) in [6, 6.07) is -0.714. The maximum absolute atomic E-state index is 13.2. The third-order valence-corrected chi connectivity index (χ3v) is 11.6. The summed E-state index contributed by atoms with van der Waals surface area (Å²) in [5.74, 6) is -0.512. The second-order valence-corrected chi connectivity index (χ2v) is 17.6. The van der Waals surface area contributed by atoms with Crippen molar-refractivity contribution >= 4 is 11.9 Å². The molecular weight excluding hydrogens is 755 g/mol. The van der Waals surface area contributed by atoms with Crippen molar-refractivity contribution in [3.63, 3.8) is 0 Å². The van der Waals surface area contributed by atoms with Gasteiger partial charge in [-0.05, 0) is 77.0 Å². The van der Waals surface area contributed by atoms with Crippen LogP contribution in [0.1, 0.15) is 252 Å². The fraction of sp³-hybridized carbons (Fsp3) is 0.782. The van der Waals surface area contributed by atoms with Crippen LogP contribution in [0, 0.1) is 0 Å². The Labute approximate surface area is 378 Å². The number of nitrogens with one attached hydrogen (secondary N) is 1. The fourth-order valence-electron chi connectivity index (χ4n) is 7.70. The largest absolute Gasteiger partial charge is 0.462 e. The van der Waals surface area contributed by atoms with Gasteiger partial charge in [-0.15, -0.1) is 0 Å². The van der Waals surface area contributed by atoms with Crippen LogP contribution in [0.4, 0.5) is 0 Å². The van der Waals surface area contributed by atoms with E-state index in [2.05, 4.69) is 74.7 Å². The van der Waals surface area contributed by atoms with Crippen LogP contribution < -0.4 is 5.32 Å². The van der Waals surface area contributed by atoms with E-state index in [1.807, 2.05) is 12.2 Å². The van der Waals surface area contributed by atoms with E-state index in [1.165, 1.54) is 128 Å². The van der Waals surface area contributed by atoms with E-state index in [9.17, 15) is 19.8 Å². The first-order valence-corrected chi connectivity index (χ1v) is 26.0. The third kappa shape index (κ3) is 44.0. The number of rotatable bonds is 46. The van der Waals surface area contributed by atoms with Crippen LogP contribution in [0.5, 0.6) is 0 Å². The normalized spacial score (nSPS) is 13.7. The molecule has 6 heteroatoms. The predicted molar refractivity (Wildman–Crippen MR) is 264 cm³/mol. The monoisotopic (exact) mass is 854 g/mol. The Bertz CT molecular complexity index is 1090. The summed E-state index contributed by atoms with van der Waals surface area (Å²) in [6.45, 7) is 6.31. The standard InChI is InChI=1S/C55H99NO5/c1-4-7-10-13-16-19-22-24-25-26-27-28-29-30-33-36-39-42-45-48-55(60)61-51(46-43-40-37-34-31-21-18-15-12-9-6-3)49-54(59)56-52(50-57)53(58)47-44-41-38-35-32-23-20-17-14-11-8-5-2/h9,12,15-16,18-19,21,24-25,31,51-53,57-58H,4-8,10-11,13-14,17,20,22-23,26-30,32-50H2,1-3H3,(H,56,59)/b12-9+,18-15+,19-16-,25-24-,31-21-. The van der Waals surface area contributed by atoms with Crippen LogP contribution in [-0.4, -0.2) is 46.9 Å². The van der Waals surface area contributed by atoms with Gasteiger partial charge in [0.25, 0.3) is 0 Å². The van der Waals surface area contributed by atoms with Gasteiger partial charge in [0, 0.05) is 6.42 Å². The smallest absolute Gasteiger partial charge is 0.306 e. The summed E-state index contributed by atoms with van der Waals surface area (Å²) >= 11 is 0. The van der Waals surface area contributed by atoms with Crippen LogP contribution in [-0.2, 0) is 14.3 Å². The number of carbonyl (C=O) groups is 2. The Balaban J connectivity index is 4.52. The Morgan fingerprint density at radius 3 is 1.51 bits per heavy atom. The summed E-state index contributed by atoms with van der Waals surface area (Å²) < 4.78 is 5.91. The Morgan fingerprint density at radius 2 is 0.951 bits per heavy atom. The van der Waals surface area contributed by atoms with E-state index < -0.39 is 18.2 Å². The molecule has 0 aliphatic heterocycles. The molecule has 0 saturated carbocycles. The van der Waals surface area contributed by atoms with E-state index in [4.69, 9.17) is 4.74 Å². The fourth-order valence-corrected chi connectivity index (χ4v) is 7.70. The van der Waals surface area contributed by atoms with Gasteiger partial charge in [0.15, 0.2) is 0 Å². The highest BCUT2D eigenvalue weighted by molar-refractivity contribution is 5.77. The molecule has 3 N–H and O–H groups in total. The number of hydrogen-bond donors (Lipinski definition) is 3. The van der Waals surface area contributed by atoms with Crippen LogP contribution in [0.25, 0.3) is 0 Å². The van der Waals surface area contributed by atoms with Crippen LogP contribution >= 0.6 is 0 Å². The molecule has 0 spiro atoms. The molecule has 0 aromatic carbocycles. The van der Waals surface area contributed by atoms with Gasteiger partial charge in [-0.3, -0.25) is 9.59 Å². The van der Waals surface area contributed by atoms with Gasteiger partial charge in [-0.2, -0.15) is 0 Å². The molecular formula is C55H99NO5. The van der Waals surface area contributed by atoms with E-state index >= 15 is 0 Å². The molecule has 354 valence electrons. The SMILES string of the molecule is CC/C=C/C=C/C=C\CCCCCC(CC(=O)NC(CO)C(O)CCCCCCCCCCCCCC)OC(=O)CCCCCCCCCCC/C=C\C/C=C\CCCCC. The quantitative estimate of drug-likeness (QED) is 0.0245. The van der Waals surface area contributed by atoms with Crippen molar-refractivity contribution in [2.45, 2.75) is 270 Å². The molecule has 0 aromatic heterocycles. The van der Waals surface area contributed by atoms with Crippen molar-refractivity contribution in [3.8, 4) is 0 Å². The van der Waals surface area contributed by atoms with Gasteiger partial charge in [0.05, 0.1) is 25.2 Å². The number of ether oxygens (including phenoxy) is 1. The van der Waals surface area contributed by atoms with E-state index in [0.717, 1.165) is 77.0 Å². The van der Waals surface area contributed by atoms with E-state index in [-0.39, 0.29) is 24.9 Å². The number of aliphatic hydroxyl groups is 2. The summed E-state index contributed by atoms with van der Waals surface area (Å²) in [6.07, 6.45) is 60.0. The van der Waals surface area contributed by atoms with Gasteiger partial charge in [-0.25, -0.2) is 0 Å². The van der Waals surface area contributed by atoms with Crippen molar-refractivity contribution in [2.75, 3.05) is 6.61 Å². The molecule has 0 aliphatic rings. The molecule has 0 bridgehead atoms. The lowest BCUT2D eigenvalue weighted by molar-refractivity contribution is -0.151. The number of hydrogen-bond acceptors (Lipinski definition) is 5. The molecule has 1 amide bonds. The average Bonchev–Trinajstić information content (AvgIpc) is 3.25. The second-order valence-electron chi connectivity index (χ2n) is 17.6. The van der Waals surface area contributed by atoms with Gasteiger partial charge >= 0.3 is 5.97 Å². The summed E-state index contributed by atoms with van der Waals surface area (Å²) in [5.41, 5.74) is 0. The first kappa shape index (κ1) is 58.6. The highest BCUT2D eigenvalue weighted by Gasteiger charge is 2.24. The van der Waals surface area contributed by atoms with Crippen molar-refractivity contribution < 1.29 is 24.5 Å². The summed E-state index contributed by atoms with van der Waals surface area (Å²) in [4.78, 5) is 26.1. The minimum absolute atomic E-state index is 0.0519. The van der Waals surface area contributed by atoms with Gasteiger partial charge < -0.3 is 20.3 Å². The zero-order valence-electron chi connectivity index (χ0n) is 40.3. The molecule has 61 heavy (non-hydrogen) atoms. The van der Waals surface area contributed by atoms with Gasteiger partial charge in [-0.1, -0.05) is 223 Å². The molecule has 0 rings (SSSR count). The average molecular weight is 854 g/mol. The number of aliphatic hydroxyl groups excluding tert-OH is 2. The Kier molecular flexibility index (Phi) is 46.6. The summed E-state index contributed by atoms with van der Waals surface area (Å²) in [7, 11) is 0. The number of allylic oxidation sites excluding steroid dienone is 10. The van der Waals surface area contributed by atoms with Crippen molar-refractivity contribution in [3.05, 3.63) is 60.8 Å². The Morgan fingerprint density at radius 1 is 0.508 bits per heavy atom. The lowest BCUT2D eigenvalue weighted by Crippen LogP contribution is -2.46. The minimum Gasteiger partial charge on any atom is -0.462 e. The van der Waals surface area contributed by atoms with E-state index in [1.54, 1.807) is 0 Å². The van der Waals surface area contributed by atoms with Crippen molar-refractivity contribution in [2.24, 2.45) is 0 Å². The second kappa shape index (κ2) is 48.6. The van der Waals surface area contributed by atoms with Crippen molar-refractivity contribution in [1.82, 2.24) is 5.32 Å². The minimum atomic E-state index is -0.798. The first-order chi connectivity index (χ1) is 30.0. The maximum Gasteiger partial charge on any atom is 0.306 e. The molecule has 0 aliphatic carbocycles. The van der Waals surface area contributed by atoms with E-state index in [0.29, 0.717) is 19.3 Å². The zero-order valence-corrected chi connectivity index (χ0v) is 40.3. The molecule has 3 unspecified atom stereocenters. The Hall–Kier alpha value is -2.44. The topological polar surface area (TPSA) is 95.9 Å². The van der Waals surface area contributed by atoms with Gasteiger partial charge in [0.1, 0.15) is 6.10 Å². The molecule has 0 saturated heterocycles. The lowest BCUT2D eigenvalue weighted by atomic mass is 10.0. The molecule has 0 radical (unpaired) electrons. The highest BCUT2D eigenvalue weighted by atomic mass is 16.5. The highest BCUT2D eigenvalue weighted by Crippen LogP contribution is 2.17. The molecule has 3 atom stereocenters. The van der Waals surface area contributed by atoms with Crippen LogP contribution in [0.3, 0.4) is 0 Å². The number of unbranched alkanes of at least 4 members (excludes halogenated alkanes) is 26. The predicted octanol–water partition coefficient (Wildman–Crippen LogP) is 15.6. The lowest BCUT2D eigenvalue weighted by Gasteiger charge is -2.24. The van der Waals surface area contributed by atoms with Crippen LogP contribution in [0.15, 0.2) is 60.8 Å². The van der Waals surface area contributed by atoms with Crippen molar-refractivity contribution in [1.29, 1.82) is 0 Å². The zero-order chi connectivity index (χ0) is 44.5. The number of carbonyl (C=O) groups excluding carboxylic acids is 2. The number of esters is 1. The molecule has 0 heterocycles. The molecule has 0 aromatic rings. The van der Waals surface area contributed by atoms with Crippen LogP contribution in [0.2, 0.25) is 0 Å². The molecule has 0 fully saturated rings. The number of amides is 1. The third-order valence-electron chi connectivity index (χ3n) is 11.6. The maximum atomic E-state index is 13.2.